The van der Waals surface area contributed by atoms with Crippen LogP contribution < -0.4 is 0 Å². The van der Waals surface area contributed by atoms with Crippen LogP contribution in [0.2, 0.25) is 0 Å². The largest absolute Gasteiger partial charge is 0.507 e. The van der Waals surface area contributed by atoms with Gasteiger partial charge in [-0.25, -0.2) is 0 Å². The summed E-state index contributed by atoms with van der Waals surface area (Å²) in [7, 11) is 0. The smallest absolute Gasteiger partial charge is 0.123 e. The second-order valence-electron chi connectivity index (χ2n) is 19.2. The van der Waals surface area contributed by atoms with Crippen molar-refractivity contribution in [2.24, 2.45) is 0 Å². The molecule has 2 aromatic rings. The van der Waals surface area contributed by atoms with Crippen molar-refractivity contribution >= 4 is 72.3 Å². The summed E-state index contributed by atoms with van der Waals surface area (Å²) in [4.78, 5) is 0. The van der Waals surface area contributed by atoms with Crippen LogP contribution in [-0.4, -0.2) is 124 Å². The Hall–Kier alpha value is -0.100. The topological polar surface area (TPSA) is 95.8 Å². The molecule has 0 bridgehead atoms. The van der Waals surface area contributed by atoms with Gasteiger partial charge in [-0.3, -0.25) is 0 Å². The van der Waals surface area contributed by atoms with Crippen LogP contribution in [0.4, 0.5) is 0 Å². The molecule has 0 heterocycles. The van der Waals surface area contributed by atoms with E-state index in [1.54, 1.807) is 0 Å². The molecule has 2 rings (SSSR count). The van der Waals surface area contributed by atoms with Crippen molar-refractivity contribution in [1.82, 2.24) is 0 Å². The highest BCUT2D eigenvalue weighted by Crippen LogP contribution is 2.48. The fourth-order valence-electron chi connectivity index (χ4n) is 6.31. The van der Waals surface area contributed by atoms with Crippen molar-refractivity contribution in [3.8, 4) is 11.5 Å². The average molecular weight is 980 g/mol. The third-order valence-corrected chi connectivity index (χ3v) is 15.5. The quantitative estimate of drug-likeness (QED) is 0.0329. The minimum atomic E-state index is -0.203. The first-order chi connectivity index (χ1) is 29.1. The SMILES string of the molecule is CC(C)(C)c1cc(C(SCCOCCOCCS)SCCOCCOCCSC(SCCOCCOCCS)c2cc(C(C)(C)C)c(O)c(C(C)(C)C)c2)cc(C(C)(C)C)c1O. The van der Waals surface area contributed by atoms with E-state index in [0.717, 1.165) is 45.3 Å². The Morgan fingerprint density at radius 1 is 0.387 bits per heavy atom. The van der Waals surface area contributed by atoms with Gasteiger partial charge in [0.15, 0.2) is 0 Å². The monoisotopic (exact) mass is 978 g/mol. The molecule has 62 heavy (non-hydrogen) atoms. The molecule has 0 aliphatic carbocycles. The highest BCUT2D eigenvalue weighted by molar-refractivity contribution is 8.16. The number of ether oxygens (including phenoxy) is 6. The van der Waals surface area contributed by atoms with Gasteiger partial charge in [-0.05, 0) is 79.3 Å². The Labute approximate surface area is 405 Å². The van der Waals surface area contributed by atoms with E-state index in [1.807, 2.05) is 47.0 Å². The summed E-state index contributed by atoms with van der Waals surface area (Å²) in [5, 5.41) is 22.8. The molecular formula is C48H82O8S6. The molecule has 8 nitrogen and oxygen atoms in total. The van der Waals surface area contributed by atoms with Crippen LogP contribution in [0.5, 0.6) is 11.5 Å². The van der Waals surface area contributed by atoms with E-state index in [0.29, 0.717) is 102 Å². The molecule has 0 fully saturated rings. The van der Waals surface area contributed by atoms with Crippen molar-refractivity contribution < 1.29 is 38.6 Å². The molecule has 0 saturated carbocycles. The predicted octanol–water partition coefficient (Wildman–Crippen LogP) is 11.9. The molecule has 0 radical (unpaired) electrons. The van der Waals surface area contributed by atoms with Crippen molar-refractivity contribution in [2.75, 3.05) is 114 Å². The van der Waals surface area contributed by atoms with E-state index >= 15 is 0 Å². The molecule has 14 heteroatoms. The fourth-order valence-corrected chi connectivity index (χ4v) is 11.5. The van der Waals surface area contributed by atoms with Crippen molar-refractivity contribution in [3.63, 3.8) is 0 Å². The normalized spacial score (nSPS) is 13.8. The van der Waals surface area contributed by atoms with Gasteiger partial charge in [-0.2, -0.15) is 25.3 Å². The molecule has 2 aromatic carbocycles. The van der Waals surface area contributed by atoms with Gasteiger partial charge in [0.2, 0.25) is 0 Å². The van der Waals surface area contributed by atoms with Crippen LogP contribution in [0.3, 0.4) is 0 Å². The second-order valence-corrected chi connectivity index (χ2v) is 25.5. The molecular weight excluding hydrogens is 897 g/mol. The summed E-state index contributed by atoms with van der Waals surface area (Å²) in [6, 6.07) is 8.79. The van der Waals surface area contributed by atoms with Crippen molar-refractivity contribution in [2.45, 2.75) is 114 Å². The van der Waals surface area contributed by atoms with E-state index < -0.39 is 0 Å². The first-order valence-electron chi connectivity index (χ1n) is 22.0. The zero-order valence-corrected chi connectivity index (χ0v) is 45.1. The summed E-state index contributed by atoms with van der Waals surface area (Å²) < 4.78 is 35.2. The summed E-state index contributed by atoms with van der Waals surface area (Å²) in [6.07, 6.45) is 0. The van der Waals surface area contributed by atoms with Crippen LogP contribution in [0.15, 0.2) is 24.3 Å². The number of hydrogen-bond donors (Lipinski definition) is 4. The standard InChI is InChI=1S/C48H82O8S6/c1-45(2,3)37-31-35(32-38(41(37)49)46(4,5)6)43(59-27-21-53-15-13-51-19-25-57)61-29-23-55-17-18-56-24-30-62-44(60-28-22-54-16-14-52-20-26-58)36-33-39(47(7,8)9)42(50)40(34-36)48(10,11)12/h31-34,43-44,49-50,57-58H,13-30H2,1-12H3. The maximum Gasteiger partial charge on any atom is 0.123 e. The predicted molar refractivity (Wildman–Crippen MR) is 279 cm³/mol. The van der Waals surface area contributed by atoms with E-state index in [1.165, 1.54) is 11.1 Å². The highest BCUT2D eigenvalue weighted by Gasteiger charge is 2.30. The number of thioether (sulfide) groups is 4. The second kappa shape index (κ2) is 29.6. The van der Waals surface area contributed by atoms with E-state index in [9.17, 15) is 10.2 Å². The lowest BCUT2D eigenvalue weighted by Gasteiger charge is -2.30. The molecule has 0 aliphatic rings. The van der Waals surface area contributed by atoms with Crippen LogP contribution in [-0.2, 0) is 50.1 Å². The molecule has 0 aliphatic heterocycles. The third kappa shape index (κ3) is 22.1. The first kappa shape index (κ1) is 58.0. The minimum Gasteiger partial charge on any atom is -0.507 e. The third-order valence-electron chi connectivity index (χ3n) is 9.62. The Morgan fingerprint density at radius 3 is 0.790 bits per heavy atom. The molecule has 0 aromatic heterocycles. The zero-order valence-electron chi connectivity index (χ0n) is 40.1. The van der Waals surface area contributed by atoms with E-state index in [-0.39, 0.29) is 30.8 Å². The minimum absolute atomic E-state index is 0.153. The lowest BCUT2D eigenvalue weighted by molar-refractivity contribution is 0.0604. The number of aromatic hydroxyl groups is 2. The van der Waals surface area contributed by atoms with Gasteiger partial charge in [-0.15, -0.1) is 47.0 Å². The number of hydrogen-bond acceptors (Lipinski definition) is 14. The molecule has 0 spiro atoms. The summed E-state index contributed by atoms with van der Waals surface area (Å²) in [6.45, 7) is 33.0. The fraction of sp³-hybridized carbons (Fsp3) is 0.750. The number of phenols is 2. The van der Waals surface area contributed by atoms with Crippen LogP contribution in [0.1, 0.15) is 126 Å². The van der Waals surface area contributed by atoms with Gasteiger partial charge in [0.1, 0.15) is 11.5 Å². The number of thiol groups is 2. The molecule has 2 atom stereocenters. The van der Waals surface area contributed by atoms with Gasteiger partial charge in [0, 0.05) is 34.5 Å². The molecule has 2 unspecified atom stereocenters. The van der Waals surface area contributed by atoms with Crippen molar-refractivity contribution in [1.29, 1.82) is 0 Å². The van der Waals surface area contributed by atoms with Gasteiger partial charge < -0.3 is 38.6 Å². The summed E-state index contributed by atoms with van der Waals surface area (Å²) >= 11 is 15.9. The van der Waals surface area contributed by atoms with Crippen LogP contribution in [0.25, 0.3) is 0 Å². The van der Waals surface area contributed by atoms with Crippen LogP contribution in [0, 0.1) is 0 Å². The summed E-state index contributed by atoms with van der Waals surface area (Å²) in [5.41, 5.74) is 5.51. The highest BCUT2D eigenvalue weighted by atomic mass is 32.2. The lowest BCUT2D eigenvalue weighted by Crippen LogP contribution is -2.18. The Morgan fingerprint density at radius 2 is 0.597 bits per heavy atom. The zero-order chi connectivity index (χ0) is 46.4. The van der Waals surface area contributed by atoms with Gasteiger partial charge in [0.05, 0.1) is 88.4 Å². The molecule has 0 saturated heterocycles. The maximum absolute atomic E-state index is 11.4. The first-order valence-corrected chi connectivity index (χ1v) is 27.5. The van der Waals surface area contributed by atoms with E-state index in [2.05, 4.69) is 133 Å². The Bertz CT molecular complexity index is 1350. The molecule has 358 valence electrons. The average Bonchev–Trinajstić information content (AvgIpc) is 3.17. The summed E-state index contributed by atoms with van der Waals surface area (Å²) in [5.74, 6) is 5.55. The molecule has 0 amide bonds. The van der Waals surface area contributed by atoms with Gasteiger partial charge in [0.25, 0.3) is 0 Å². The maximum atomic E-state index is 11.4. The number of phenolic OH excluding ortho intramolecular Hbond substituents is 2. The lowest BCUT2D eigenvalue weighted by atomic mass is 9.78. The Balaban J connectivity index is 2.01. The van der Waals surface area contributed by atoms with E-state index in [4.69, 9.17) is 28.4 Å². The number of rotatable bonds is 31. The van der Waals surface area contributed by atoms with Crippen LogP contribution >= 0.6 is 72.3 Å². The Kier molecular flexibility index (Phi) is 27.7. The number of benzene rings is 2. The van der Waals surface area contributed by atoms with Gasteiger partial charge >= 0.3 is 0 Å². The molecule has 2 N–H and O–H groups in total. The van der Waals surface area contributed by atoms with Crippen molar-refractivity contribution in [3.05, 3.63) is 57.6 Å². The van der Waals surface area contributed by atoms with Gasteiger partial charge in [-0.1, -0.05) is 83.1 Å².